The maximum atomic E-state index is 13.4. The minimum Gasteiger partial charge on any atom is -0.457 e. The van der Waals surface area contributed by atoms with Crippen LogP contribution in [0.5, 0.6) is 11.5 Å². The van der Waals surface area contributed by atoms with Gasteiger partial charge >= 0.3 is 0 Å². The first kappa shape index (κ1) is 12.6. The van der Waals surface area contributed by atoms with E-state index in [1.807, 2.05) is 30.3 Å². The SMILES string of the molecule is CCC(F)(F)c1ccc(Oc2ccccc2)cc1. The molecule has 1 nitrogen and oxygen atoms in total. The van der Waals surface area contributed by atoms with Crippen molar-refractivity contribution in [3.63, 3.8) is 0 Å². The molecule has 94 valence electrons. The topological polar surface area (TPSA) is 9.23 Å². The molecule has 0 bridgehead atoms. The summed E-state index contributed by atoms with van der Waals surface area (Å²) < 4.78 is 32.3. The van der Waals surface area contributed by atoms with E-state index in [0.717, 1.165) is 0 Å². The van der Waals surface area contributed by atoms with Crippen LogP contribution in [0.4, 0.5) is 8.78 Å². The summed E-state index contributed by atoms with van der Waals surface area (Å²) in [6.45, 7) is 1.47. The minimum atomic E-state index is -2.77. The largest absolute Gasteiger partial charge is 0.457 e. The lowest BCUT2D eigenvalue weighted by Gasteiger charge is -2.14. The highest BCUT2D eigenvalue weighted by Crippen LogP contribution is 2.32. The molecule has 0 aliphatic rings. The normalized spacial score (nSPS) is 11.3. The van der Waals surface area contributed by atoms with Gasteiger partial charge in [-0.15, -0.1) is 0 Å². The Morgan fingerprint density at radius 3 is 2.00 bits per heavy atom. The minimum absolute atomic E-state index is 0.0189. The molecule has 0 unspecified atom stereocenters. The summed E-state index contributed by atoms with van der Waals surface area (Å²) in [6, 6.07) is 15.2. The molecule has 0 atom stereocenters. The summed E-state index contributed by atoms with van der Waals surface area (Å²) in [5, 5.41) is 0. The third-order valence-electron chi connectivity index (χ3n) is 2.70. The molecule has 3 heteroatoms. The van der Waals surface area contributed by atoms with Crippen molar-refractivity contribution in [1.29, 1.82) is 0 Å². The molecule has 0 aliphatic carbocycles. The molecule has 0 saturated carbocycles. The average molecular weight is 248 g/mol. The predicted molar refractivity (Wildman–Crippen MR) is 67.1 cm³/mol. The number of halogens is 2. The Kier molecular flexibility index (Phi) is 3.60. The van der Waals surface area contributed by atoms with Gasteiger partial charge in [-0.05, 0) is 36.4 Å². The average Bonchev–Trinajstić information content (AvgIpc) is 2.40. The van der Waals surface area contributed by atoms with Gasteiger partial charge in [0, 0.05) is 12.0 Å². The number of ether oxygens (including phenoxy) is 1. The van der Waals surface area contributed by atoms with Crippen molar-refractivity contribution in [3.05, 3.63) is 60.2 Å². The van der Waals surface area contributed by atoms with Crippen LogP contribution in [0.2, 0.25) is 0 Å². The molecule has 0 saturated heterocycles. The predicted octanol–water partition coefficient (Wildman–Crippen LogP) is 4.98. The molecule has 0 aromatic heterocycles. The monoisotopic (exact) mass is 248 g/mol. The Morgan fingerprint density at radius 2 is 1.44 bits per heavy atom. The highest BCUT2D eigenvalue weighted by Gasteiger charge is 2.28. The highest BCUT2D eigenvalue weighted by molar-refractivity contribution is 5.34. The molecule has 0 spiro atoms. The van der Waals surface area contributed by atoms with Crippen LogP contribution >= 0.6 is 0 Å². The number of benzene rings is 2. The first-order valence-electron chi connectivity index (χ1n) is 5.83. The van der Waals surface area contributed by atoms with E-state index in [-0.39, 0.29) is 12.0 Å². The van der Waals surface area contributed by atoms with E-state index in [4.69, 9.17) is 4.74 Å². The Balaban J connectivity index is 2.14. The van der Waals surface area contributed by atoms with Gasteiger partial charge < -0.3 is 4.74 Å². The van der Waals surface area contributed by atoms with Crippen LogP contribution in [0, 0.1) is 0 Å². The van der Waals surface area contributed by atoms with Gasteiger partial charge in [-0.3, -0.25) is 0 Å². The van der Waals surface area contributed by atoms with E-state index in [1.54, 1.807) is 12.1 Å². The van der Waals surface area contributed by atoms with Crippen molar-refractivity contribution in [2.24, 2.45) is 0 Å². The number of hydrogen-bond donors (Lipinski definition) is 0. The third kappa shape index (κ3) is 2.86. The molecule has 2 aromatic rings. The summed E-state index contributed by atoms with van der Waals surface area (Å²) in [5.41, 5.74) is 0.0189. The zero-order valence-corrected chi connectivity index (χ0v) is 10.1. The molecule has 0 heterocycles. The van der Waals surface area contributed by atoms with E-state index in [1.165, 1.54) is 19.1 Å². The molecule has 18 heavy (non-hydrogen) atoms. The quantitative estimate of drug-likeness (QED) is 0.741. The van der Waals surface area contributed by atoms with E-state index in [9.17, 15) is 8.78 Å². The number of alkyl halides is 2. The summed E-state index contributed by atoms with van der Waals surface area (Å²) in [5.74, 6) is -1.53. The third-order valence-corrected chi connectivity index (χ3v) is 2.70. The van der Waals surface area contributed by atoms with Crippen LogP contribution in [0.25, 0.3) is 0 Å². The highest BCUT2D eigenvalue weighted by atomic mass is 19.3. The molecule has 0 amide bonds. The Morgan fingerprint density at radius 1 is 0.889 bits per heavy atom. The Labute approximate surface area is 105 Å². The number of hydrogen-bond acceptors (Lipinski definition) is 1. The zero-order chi connectivity index (χ0) is 13.0. The van der Waals surface area contributed by atoms with Crippen LogP contribution in [0.1, 0.15) is 18.9 Å². The van der Waals surface area contributed by atoms with Gasteiger partial charge in [0.1, 0.15) is 11.5 Å². The summed E-state index contributed by atoms with van der Waals surface area (Å²) in [7, 11) is 0. The fraction of sp³-hybridized carbons (Fsp3) is 0.200. The maximum absolute atomic E-state index is 13.4. The molecule has 0 fully saturated rings. The summed E-state index contributed by atoms with van der Waals surface area (Å²) in [4.78, 5) is 0. The smallest absolute Gasteiger partial charge is 0.273 e. The van der Waals surface area contributed by atoms with Crippen LogP contribution in [0.3, 0.4) is 0 Å². The van der Waals surface area contributed by atoms with Crippen molar-refractivity contribution in [2.45, 2.75) is 19.3 Å². The van der Waals surface area contributed by atoms with Crippen molar-refractivity contribution in [2.75, 3.05) is 0 Å². The van der Waals surface area contributed by atoms with Gasteiger partial charge in [0.2, 0.25) is 0 Å². The molecule has 2 rings (SSSR count). The molecular weight excluding hydrogens is 234 g/mol. The second-order valence-corrected chi connectivity index (χ2v) is 4.00. The van der Waals surface area contributed by atoms with E-state index >= 15 is 0 Å². The van der Waals surface area contributed by atoms with Crippen LogP contribution in [0.15, 0.2) is 54.6 Å². The van der Waals surface area contributed by atoms with Gasteiger partial charge in [0.15, 0.2) is 0 Å². The standard InChI is InChI=1S/C15H14F2O/c1-2-15(16,17)12-8-10-14(11-9-12)18-13-6-4-3-5-7-13/h3-11H,2H2,1H3. The molecule has 0 aliphatic heterocycles. The molecular formula is C15H14F2O. The summed E-state index contributed by atoms with van der Waals surface area (Å²) in [6.07, 6.45) is -0.202. The van der Waals surface area contributed by atoms with Gasteiger partial charge in [-0.1, -0.05) is 25.1 Å². The first-order valence-corrected chi connectivity index (χ1v) is 5.83. The second kappa shape index (κ2) is 5.17. The Bertz CT molecular complexity index is 492. The van der Waals surface area contributed by atoms with E-state index < -0.39 is 5.92 Å². The molecule has 0 N–H and O–H groups in total. The van der Waals surface area contributed by atoms with Crippen molar-refractivity contribution in [3.8, 4) is 11.5 Å². The Hall–Kier alpha value is -1.90. The maximum Gasteiger partial charge on any atom is 0.273 e. The fourth-order valence-electron chi connectivity index (χ4n) is 1.60. The van der Waals surface area contributed by atoms with Gasteiger partial charge in [-0.25, -0.2) is 8.78 Å². The van der Waals surface area contributed by atoms with Crippen molar-refractivity contribution < 1.29 is 13.5 Å². The first-order chi connectivity index (χ1) is 8.62. The van der Waals surface area contributed by atoms with E-state index in [0.29, 0.717) is 11.5 Å². The lowest BCUT2D eigenvalue weighted by atomic mass is 10.1. The van der Waals surface area contributed by atoms with Gasteiger partial charge in [-0.2, -0.15) is 0 Å². The zero-order valence-electron chi connectivity index (χ0n) is 10.1. The lowest BCUT2D eigenvalue weighted by Crippen LogP contribution is -2.10. The van der Waals surface area contributed by atoms with Crippen molar-refractivity contribution in [1.82, 2.24) is 0 Å². The molecule has 0 radical (unpaired) electrons. The van der Waals surface area contributed by atoms with Gasteiger partial charge in [0.05, 0.1) is 0 Å². The molecule has 2 aromatic carbocycles. The van der Waals surface area contributed by atoms with Crippen LogP contribution in [-0.4, -0.2) is 0 Å². The number of rotatable bonds is 4. The van der Waals surface area contributed by atoms with E-state index in [2.05, 4.69) is 0 Å². The van der Waals surface area contributed by atoms with Crippen LogP contribution < -0.4 is 4.74 Å². The van der Waals surface area contributed by atoms with Crippen LogP contribution in [-0.2, 0) is 5.92 Å². The second-order valence-electron chi connectivity index (χ2n) is 4.00. The van der Waals surface area contributed by atoms with Crippen molar-refractivity contribution >= 4 is 0 Å². The lowest BCUT2D eigenvalue weighted by molar-refractivity contribution is -0.00830. The van der Waals surface area contributed by atoms with Gasteiger partial charge in [0.25, 0.3) is 5.92 Å². The summed E-state index contributed by atoms with van der Waals surface area (Å²) >= 11 is 0. The fourth-order valence-corrected chi connectivity index (χ4v) is 1.60. The number of para-hydroxylation sites is 1.